The van der Waals surface area contributed by atoms with E-state index in [1.165, 1.54) is 24.8 Å². The molecule has 0 radical (unpaired) electrons. The summed E-state index contributed by atoms with van der Waals surface area (Å²) in [4.78, 5) is 3.99. The van der Waals surface area contributed by atoms with Crippen LogP contribution in [0.15, 0.2) is 36.4 Å². The molecule has 1 nitrogen and oxygen atoms in total. The van der Waals surface area contributed by atoms with Gasteiger partial charge in [-0.05, 0) is 36.5 Å². The fourth-order valence-electron chi connectivity index (χ4n) is 2.48. The number of alkyl halides is 3. The predicted octanol–water partition coefficient (Wildman–Crippen LogP) is 5.69. The van der Waals surface area contributed by atoms with Gasteiger partial charge in [0, 0.05) is 5.56 Å². The van der Waals surface area contributed by atoms with E-state index in [-0.39, 0.29) is 10.8 Å². The third-order valence-corrected chi connectivity index (χ3v) is 4.10. The van der Waals surface area contributed by atoms with Gasteiger partial charge in [0.1, 0.15) is 5.15 Å². The maximum Gasteiger partial charge on any atom is 0.416 e. The zero-order chi connectivity index (χ0) is 15.0. The number of nitrogens with zero attached hydrogens (tertiary/aromatic N) is 1. The molecule has 1 heterocycles. The Morgan fingerprint density at radius 1 is 1.05 bits per heavy atom. The number of hydrogen-bond donors (Lipinski definition) is 0. The third kappa shape index (κ3) is 3.05. The summed E-state index contributed by atoms with van der Waals surface area (Å²) in [6.07, 6.45) is -0.801. The second-order valence-electron chi connectivity index (χ2n) is 5.31. The molecule has 110 valence electrons. The Labute approximate surface area is 125 Å². The van der Waals surface area contributed by atoms with E-state index in [4.69, 9.17) is 11.6 Å². The number of pyridine rings is 1. The molecule has 0 saturated heterocycles. The van der Waals surface area contributed by atoms with E-state index >= 15 is 0 Å². The first-order valence-corrected chi connectivity index (χ1v) is 7.16. The molecule has 21 heavy (non-hydrogen) atoms. The molecule has 0 spiro atoms. The van der Waals surface area contributed by atoms with Crippen LogP contribution in [0.2, 0.25) is 5.15 Å². The van der Waals surface area contributed by atoms with E-state index in [2.05, 4.69) is 4.98 Å². The van der Waals surface area contributed by atoms with E-state index in [0.29, 0.717) is 11.5 Å². The lowest BCUT2D eigenvalue weighted by Crippen LogP contribution is -2.08. The van der Waals surface area contributed by atoms with Crippen LogP contribution in [-0.4, -0.2) is 4.98 Å². The van der Waals surface area contributed by atoms with Crippen LogP contribution in [0.1, 0.15) is 36.3 Å². The first-order valence-electron chi connectivity index (χ1n) is 6.78. The van der Waals surface area contributed by atoms with Gasteiger partial charge in [-0.1, -0.05) is 42.3 Å². The molecule has 2 aromatic rings. The van der Waals surface area contributed by atoms with E-state index in [1.807, 2.05) is 24.3 Å². The Kier molecular flexibility index (Phi) is 3.66. The Hall–Kier alpha value is -1.55. The lowest BCUT2D eigenvalue weighted by atomic mass is 9.80. The molecule has 5 heteroatoms. The van der Waals surface area contributed by atoms with Crippen LogP contribution >= 0.6 is 11.6 Å². The van der Waals surface area contributed by atoms with Crippen molar-refractivity contribution in [3.05, 3.63) is 52.7 Å². The third-order valence-electron chi connectivity index (χ3n) is 3.90. The topological polar surface area (TPSA) is 12.9 Å². The maximum absolute atomic E-state index is 12.8. The van der Waals surface area contributed by atoms with Crippen molar-refractivity contribution >= 4 is 11.6 Å². The molecule has 1 fully saturated rings. The number of halogens is 4. The van der Waals surface area contributed by atoms with E-state index in [0.717, 1.165) is 12.1 Å². The quantitative estimate of drug-likeness (QED) is 0.649. The molecule has 1 aliphatic carbocycles. The van der Waals surface area contributed by atoms with Gasteiger partial charge >= 0.3 is 6.18 Å². The fraction of sp³-hybridized carbons (Fsp3) is 0.312. The number of aromatic nitrogens is 1. The molecule has 0 unspecified atom stereocenters. The minimum Gasteiger partial charge on any atom is -0.236 e. The van der Waals surface area contributed by atoms with Crippen molar-refractivity contribution in [2.75, 3.05) is 0 Å². The largest absolute Gasteiger partial charge is 0.416 e. The Morgan fingerprint density at radius 3 is 2.24 bits per heavy atom. The molecule has 0 N–H and O–H groups in total. The van der Waals surface area contributed by atoms with Gasteiger partial charge in [-0.25, -0.2) is 4.98 Å². The molecule has 0 aliphatic heterocycles. The van der Waals surface area contributed by atoms with Gasteiger partial charge in [-0.15, -0.1) is 0 Å². The summed E-state index contributed by atoms with van der Waals surface area (Å²) in [6.45, 7) is 0. The first kappa shape index (κ1) is 14.4. The molecule has 1 aliphatic rings. The van der Waals surface area contributed by atoms with Gasteiger partial charge in [0.05, 0.1) is 11.3 Å². The summed E-state index contributed by atoms with van der Waals surface area (Å²) in [7, 11) is 0. The van der Waals surface area contributed by atoms with Crippen LogP contribution in [0, 0.1) is 0 Å². The number of benzene rings is 1. The first-order chi connectivity index (χ1) is 9.93. The summed E-state index contributed by atoms with van der Waals surface area (Å²) in [6, 6.07) is 9.43. The zero-order valence-corrected chi connectivity index (χ0v) is 11.9. The summed E-state index contributed by atoms with van der Waals surface area (Å²) >= 11 is 5.71. The predicted molar refractivity (Wildman–Crippen MR) is 76.3 cm³/mol. The molecular formula is C16H13ClF3N. The molecule has 1 aromatic heterocycles. The molecule has 0 atom stereocenters. The summed E-state index contributed by atoms with van der Waals surface area (Å²) in [5.41, 5.74) is 1.35. The Balaban J connectivity index is 1.94. The highest BCUT2D eigenvalue weighted by molar-refractivity contribution is 6.29. The van der Waals surface area contributed by atoms with Crippen LogP contribution in [0.5, 0.6) is 0 Å². The van der Waals surface area contributed by atoms with Crippen LogP contribution in [0.3, 0.4) is 0 Å². The highest BCUT2D eigenvalue weighted by Gasteiger charge is 2.31. The zero-order valence-electron chi connectivity index (χ0n) is 11.1. The number of rotatable bonds is 2. The van der Waals surface area contributed by atoms with Crippen molar-refractivity contribution in [2.45, 2.75) is 31.4 Å². The van der Waals surface area contributed by atoms with Crippen molar-refractivity contribution < 1.29 is 13.2 Å². The average molecular weight is 312 g/mol. The van der Waals surface area contributed by atoms with Gasteiger partial charge in [0.15, 0.2) is 0 Å². The molecular weight excluding hydrogens is 299 g/mol. The smallest absolute Gasteiger partial charge is 0.236 e. The molecule has 0 bridgehead atoms. The van der Waals surface area contributed by atoms with Crippen LogP contribution < -0.4 is 0 Å². The highest BCUT2D eigenvalue weighted by Crippen LogP contribution is 2.37. The van der Waals surface area contributed by atoms with Gasteiger partial charge in [-0.3, -0.25) is 0 Å². The second-order valence-corrected chi connectivity index (χ2v) is 5.70. The molecule has 1 saturated carbocycles. The standard InChI is InChI=1S/C16H13ClF3N/c17-15-9-13(16(18,19)20)8-14(21-15)12-6-4-11(5-7-12)10-2-1-3-10/h4-10H,1-3H2. The van der Waals surface area contributed by atoms with Crippen LogP contribution in [-0.2, 0) is 6.18 Å². The summed E-state index contributed by atoms with van der Waals surface area (Å²) in [5, 5.41) is -0.150. The summed E-state index contributed by atoms with van der Waals surface area (Å²) in [5.74, 6) is 0.595. The van der Waals surface area contributed by atoms with Crippen LogP contribution in [0.4, 0.5) is 13.2 Å². The second kappa shape index (κ2) is 5.34. The molecule has 1 aromatic carbocycles. The van der Waals surface area contributed by atoms with Crippen molar-refractivity contribution in [3.8, 4) is 11.3 Å². The van der Waals surface area contributed by atoms with Crippen molar-refractivity contribution in [3.63, 3.8) is 0 Å². The average Bonchev–Trinajstić information content (AvgIpc) is 2.36. The minimum atomic E-state index is -4.42. The normalized spacial score (nSPS) is 15.8. The minimum absolute atomic E-state index is 0.150. The lowest BCUT2D eigenvalue weighted by Gasteiger charge is -2.25. The van der Waals surface area contributed by atoms with Gasteiger partial charge in [0.2, 0.25) is 0 Å². The summed E-state index contributed by atoms with van der Waals surface area (Å²) < 4.78 is 38.4. The molecule has 3 rings (SSSR count). The van der Waals surface area contributed by atoms with E-state index < -0.39 is 11.7 Å². The van der Waals surface area contributed by atoms with Crippen molar-refractivity contribution in [1.82, 2.24) is 4.98 Å². The maximum atomic E-state index is 12.8. The van der Waals surface area contributed by atoms with Gasteiger partial charge in [-0.2, -0.15) is 13.2 Å². The van der Waals surface area contributed by atoms with Gasteiger partial charge < -0.3 is 0 Å². The monoisotopic (exact) mass is 311 g/mol. The lowest BCUT2D eigenvalue weighted by molar-refractivity contribution is -0.137. The molecule has 0 amide bonds. The Morgan fingerprint density at radius 2 is 1.71 bits per heavy atom. The number of hydrogen-bond acceptors (Lipinski definition) is 1. The van der Waals surface area contributed by atoms with Crippen molar-refractivity contribution in [2.24, 2.45) is 0 Å². The fourth-order valence-corrected chi connectivity index (χ4v) is 2.68. The van der Waals surface area contributed by atoms with E-state index in [9.17, 15) is 13.2 Å². The van der Waals surface area contributed by atoms with E-state index in [1.54, 1.807) is 0 Å². The SMILES string of the molecule is FC(F)(F)c1cc(Cl)nc(-c2ccc(C3CCC3)cc2)c1. The van der Waals surface area contributed by atoms with Crippen LogP contribution in [0.25, 0.3) is 11.3 Å². The Bertz CT molecular complexity index is 646. The van der Waals surface area contributed by atoms with Crippen molar-refractivity contribution in [1.29, 1.82) is 0 Å². The van der Waals surface area contributed by atoms with Gasteiger partial charge in [0.25, 0.3) is 0 Å². The highest BCUT2D eigenvalue weighted by atomic mass is 35.5.